The summed E-state index contributed by atoms with van der Waals surface area (Å²) < 4.78 is 1.76. The molecule has 0 radical (unpaired) electrons. The van der Waals surface area contributed by atoms with Gasteiger partial charge in [-0.1, -0.05) is 0 Å². The maximum Gasteiger partial charge on any atom is 0.339 e. The van der Waals surface area contributed by atoms with Gasteiger partial charge in [0.1, 0.15) is 5.56 Å². The largest absolute Gasteiger partial charge is 0.478 e. The third kappa shape index (κ3) is 2.09. The molecule has 7 heteroatoms. The monoisotopic (exact) mass is 275 g/mol. The van der Waals surface area contributed by atoms with E-state index in [-0.39, 0.29) is 11.6 Å². The topological polar surface area (TPSA) is 92.1 Å². The Morgan fingerprint density at radius 2 is 2.45 bits per heavy atom. The van der Waals surface area contributed by atoms with E-state index in [9.17, 15) is 9.90 Å². The normalized spacial score (nSPS) is 18.6. The highest BCUT2D eigenvalue weighted by Gasteiger charge is 2.21. The van der Waals surface area contributed by atoms with Gasteiger partial charge in [0, 0.05) is 25.3 Å². The predicted molar refractivity (Wildman–Crippen MR) is 75.1 cm³/mol. The molecule has 3 N–H and O–H groups in total. The molecule has 0 aliphatic carbocycles. The molecule has 0 spiro atoms. The van der Waals surface area contributed by atoms with E-state index in [1.807, 2.05) is 6.92 Å². The lowest BCUT2D eigenvalue weighted by atomic mass is 10.1. The fourth-order valence-corrected chi connectivity index (χ4v) is 2.56. The van der Waals surface area contributed by atoms with Crippen LogP contribution in [-0.4, -0.2) is 45.0 Å². The van der Waals surface area contributed by atoms with Crippen LogP contribution in [0, 0.1) is 0 Å². The van der Waals surface area contributed by atoms with E-state index in [1.165, 1.54) is 6.20 Å². The summed E-state index contributed by atoms with van der Waals surface area (Å²) in [6.45, 7) is 4.47. The van der Waals surface area contributed by atoms with Crippen molar-refractivity contribution in [2.45, 2.75) is 25.9 Å². The molecule has 0 bridgehead atoms. The van der Waals surface area contributed by atoms with Crippen LogP contribution in [0.1, 0.15) is 23.7 Å². The van der Waals surface area contributed by atoms with E-state index in [0.717, 1.165) is 24.9 Å². The molecule has 2 aromatic heterocycles. The average Bonchev–Trinajstić information content (AvgIpc) is 3.07. The van der Waals surface area contributed by atoms with E-state index in [1.54, 1.807) is 10.9 Å². The molecule has 3 heterocycles. The van der Waals surface area contributed by atoms with Crippen LogP contribution in [0.2, 0.25) is 0 Å². The second-order valence-electron chi connectivity index (χ2n) is 4.88. The van der Waals surface area contributed by atoms with Gasteiger partial charge in [-0.3, -0.25) is 0 Å². The number of nitrogens with one attached hydrogen (secondary N) is 2. The summed E-state index contributed by atoms with van der Waals surface area (Å²) >= 11 is 0. The number of aryl methyl sites for hydroxylation is 1. The summed E-state index contributed by atoms with van der Waals surface area (Å²) in [4.78, 5) is 15.6. The number of aromatic nitrogens is 3. The average molecular weight is 275 g/mol. The summed E-state index contributed by atoms with van der Waals surface area (Å²) in [5, 5.41) is 21.0. The van der Waals surface area contributed by atoms with Crippen molar-refractivity contribution < 1.29 is 9.90 Å². The number of hydrogen-bond acceptors (Lipinski definition) is 5. The number of hydrogen-bond donors (Lipinski definition) is 3. The van der Waals surface area contributed by atoms with Crippen molar-refractivity contribution in [2.24, 2.45) is 0 Å². The number of nitrogens with zero attached hydrogens (tertiary/aromatic N) is 3. The van der Waals surface area contributed by atoms with Gasteiger partial charge in [0.2, 0.25) is 0 Å². The molecule has 1 aliphatic heterocycles. The van der Waals surface area contributed by atoms with Gasteiger partial charge in [-0.25, -0.2) is 14.5 Å². The van der Waals surface area contributed by atoms with Crippen LogP contribution in [0.25, 0.3) is 11.0 Å². The number of fused-ring (bicyclic) bond motifs is 1. The van der Waals surface area contributed by atoms with Crippen molar-refractivity contribution >= 4 is 22.7 Å². The van der Waals surface area contributed by atoms with Gasteiger partial charge in [-0.2, -0.15) is 5.10 Å². The summed E-state index contributed by atoms with van der Waals surface area (Å²) in [5.74, 6) is -0.975. The summed E-state index contributed by atoms with van der Waals surface area (Å²) in [6, 6.07) is 0.240. The van der Waals surface area contributed by atoms with Gasteiger partial charge in [0.05, 0.1) is 17.3 Å². The van der Waals surface area contributed by atoms with Gasteiger partial charge in [0.25, 0.3) is 0 Å². The molecular formula is C13H17N5O2. The van der Waals surface area contributed by atoms with Crippen molar-refractivity contribution in [3.05, 3.63) is 18.0 Å². The minimum absolute atomic E-state index is 0.194. The molecular weight excluding hydrogens is 258 g/mol. The SMILES string of the molecule is CCn1ncc2c(N[C@H]3CCNC3)c(C(=O)O)cnc21. The zero-order chi connectivity index (χ0) is 14.1. The van der Waals surface area contributed by atoms with Crippen molar-refractivity contribution in [1.82, 2.24) is 20.1 Å². The summed E-state index contributed by atoms with van der Waals surface area (Å²) in [5.41, 5.74) is 1.53. The first-order valence-corrected chi connectivity index (χ1v) is 6.75. The molecule has 0 saturated carbocycles. The van der Waals surface area contributed by atoms with E-state index < -0.39 is 5.97 Å². The maximum absolute atomic E-state index is 11.4. The Hall–Kier alpha value is -2.15. The molecule has 1 aliphatic rings. The summed E-state index contributed by atoms with van der Waals surface area (Å²) in [7, 11) is 0. The quantitative estimate of drug-likeness (QED) is 0.768. The van der Waals surface area contributed by atoms with Gasteiger partial charge in [0.15, 0.2) is 5.65 Å². The van der Waals surface area contributed by atoms with E-state index in [0.29, 0.717) is 17.9 Å². The predicted octanol–water partition coefficient (Wildman–Crippen LogP) is 0.923. The molecule has 7 nitrogen and oxygen atoms in total. The Morgan fingerprint density at radius 1 is 1.60 bits per heavy atom. The number of aromatic carboxylic acids is 1. The fourth-order valence-electron chi connectivity index (χ4n) is 2.56. The molecule has 106 valence electrons. The van der Waals surface area contributed by atoms with Gasteiger partial charge >= 0.3 is 5.97 Å². The smallest absolute Gasteiger partial charge is 0.339 e. The fraction of sp³-hybridized carbons (Fsp3) is 0.462. The van der Waals surface area contributed by atoms with Gasteiger partial charge in [-0.15, -0.1) is 0 Å². The first-order valence-electron chi connectivity index (χ1n) is 6.75. The Labute approximate surface area is 116 Å². The minimum atomic E-state index is -0.975. The lowest BCUT2D eigenvalue weighted by molar-refractivity contribution is 0.0697. The lowest BCUT2D eigenvalue weighted by Crippen LogP contribution is -2.23. The highest BCUT2D eigenvalue weighted by Crippen LogP contribution is 2.27. The molecule has 1 fully saturated rings. The third-order valence-corrected chi connectivity index (χ3v) is 3.60. The van der Waals surface area contributed by atoms with Crippen LogP contribution < -0.4 is 10.6 Å². The lowest BCUT2D eigenvalue weighted by Gasteiger charge is -2.15. The van der Waals surface area contributed by atoms with E-state index in [4.69, 9.17) is 0 Å². The standard InChI is InChI=1S/C13H17N5O2/c1-2-18-12-9(7-16-18)11(10(6-15-12)13(19)20)17-8-3-4-14-5-8/h6-8,14H,2-5H2,1H3,(H,15,17)(H,19,20)/t8-/m0/s1. The first kappa shape index (κ1) is 12.9. The van der Waals surface area contributed by atoms with Gasteiger partial charge in [-0.05, 0) is 19.9 Å². The molecule has 3 rings (SSSR count). The zero-order valence-corrected chi connectivity index (χ0v) is 11.3. The highest BCUT2D eigenvalue weighted by atomic mass is 16.4. The van der Waals surface area contributed by atoms with Crippen molar-refractivity contribution in [3.8, 4) is 0 Å². The van der Waals surface area contributed by atoms with Crippen LogP contribution in [-0.2, 0) is 6.54 Å². The highest BCUT2D eigenvalue weighted by molar-refractivity contribution is 6.03. The van der Waals surface area contributed by atoms with Crippen molar-refractivity contribution in [1.29, 1.82) is 0 Å². The van der Waals surface area contributed by atoms with Crippen LogP contribution >= 0.6 is 0 Å². The Bertz CT molecular complexity index is 645. The zero-order valence-electron chi connectivity index (χ0n) is 11.3. The van der Waals surface area contributed by atoms with E-state index in [2.05, 4.69) is 20.7 Å². The van der Waals surface area contributed by atoms with Gasteiger partial charge < -0.3 is 15.7 Å². The third-order valence-electron chi connectivity index (χ3n) is 3.60. The van der Waals surface area contributed by atoms with Crippen LogP contribution in [0.4, 0.5) is 5.69 Å². The molecule has 0 aromatic carbocycles. The van der Waals surface area contributed by atoms with Crippen molar-refractivity contribution in [3.63, 3.8) is 0 Å². The number of carbonyl (C=O) groups is 1. The van der Waals surface area contributed by atoms with Crippen molar-refractivity contribution in [2.75, 3.05) is 18.4 Å². The first-order chi connectivity index (χ1) is 9.70. The molecule has 2 aromatic rings. The number of carboxylic acids is 1. The minimum Gasteiger partial charge on any atom is -0.478 e. The summed E-state index contributed by atoms with van der Waals surface area (Å²) in [6.07, 6.45) is 4.07. The molecule has 1 atom stereocenters. The molecule has 0 amide bonds. The number of pyridine rings is 1. The molecule has 0 unspecified atom stereocenters. The van der Waals surface area contributed by atoms with Crippen LogP contribution in [0.15, 0.2) is 12.4 Å². The molecule has 1 saturated heterocycles. The molecule has 20 heavy (non-hydrogen) atoms. The Kier molecular flexibility index (Phi) is 3.27. The van der Waals surface area contributed by atoms with E-state index >= 15 is 0 Å². The number of carboxylic acid groups (broad SMARTS) is 1. The van der Waals surface area contributed by atoms with Crippen LogP contribution in [0.3, 0.4) is 0 Å². The Morgan fingerprint density at radius 3 is 3.10 bits per heavy atom. The second kappa shape index (κ2) is 5.09. The second-order valence-corrected chi connectivity index (χ2v) is 4.88. The Balaban J connectivity index is 2.10. The number of anilines is 1. The van der Waals surface area contributed by atoms with Crippen LogP contribution in [0.5, 0.6) is 0 Å². The number of rotatable bonds is 4. The maximum atomic E-state index is 11.4.